The summed E-state index contributed by atoms with van der Waals surface area (Å²) >= 11 is 1.39. The Bertz CT molecular complexity index is 1310. The Balaban J connectivity index is 1.49. The fraction of sp³-hybridized carbons (Fsp3) is 0.519. The number of ether oxygens (including phenoxy) is 2. The zero-order valence-corrected chi connectivity index (χ0v) is 24.2. The molecule has 3 heterocycles. The first kappa shape index (κ1) is 29.2. The molecule has 0 spiro atoms. The highest BCUT2D eigenvalue weighted by molar-refractivity contribution is 7.89. The third-order valence-electron chi connectivity index (χ3n) is 7.13. The third kappa shape index (κ3) is 6.34. The normalized spacial score (nSPS) is 16.9. The van der Waals surface area contributed by atoms with Crippen LogP contribution in [0.2, 0.25) is 0 Å². The van der Waals surface area contributed by atoms with Gasteiger partial charge in [0.2, 0.25) is 10.0 Å². The fourth-order valence-electron chi connectivity index (χ4n) is 5.07. The second-order valence-corrected chi connectivity index (χ2v) is 12.7. The van der Waals surface area contributed by atoms with E-state index in [0.29, 0.717) is 29.8 Å². The number of amides is 1. The van der Waals surface area contributed by atoms with E-state index in [9.17, 15) is 22.8 Å². The van der Waals surface area contributed by atoms with Crippen LogP contribution in [0.1, 0.15) is 64.3 Å². The van der Waals surface area contributed by atoms with Gasteiger partial charge in [-0.15, -0.1) is 11.3 Å². The lowest BCUT2D eigenvalue weighted by atomic mass is 9.99. The van der Waals surface area contributed by atoms with Crippen molar-refractivity contribution >= 4 is 44.2 Å². The maximum atomic E-state index is 13.1. The van der Waals surface area contributed by atoms with Crippen LogP contribution < -0.4 is 5.32 Å². The van der Waals surface area contributed by atoms with E-state index in [1.54, 1.807) is 6.92 Å². The molecule has 1 saturated heterocycles. The quantitative estimate of drug-likeness (QED) is 0.450. The molecule has 0 bridgehead atoms. The van der Waals surface area contributed by atoms with Gasteiger partial charge in [0.25, 0.3) is 5.91 Å². The van der Waals surface area contributed by atoms with Crippen molar-refractivity contribution in [1.29, 1.82) is 0 Å². The van der Waals surface area contributed by atoms with Gasteiger partial charge in [-0.05, 0) is 69.0 Å². The minimum absolute atomic E-state index is 0.0744. The van der Waals surface area contributed by atoms with Crippen molar-refractivity contribution in [3.05, 3.63) is 45.8 Å². The average molecular weight is 578 g/mol. The van der Waals surface area contributed by atoms with Gasteiger partial charge >= 0.3 is 11.9 Å². The number of nitrogens with zero attached hydrogens (tertiary/aromatic N) is 2. The van der Waals surface area contributed by atoms with Crippen LogP contribution in [0.4, 0.5) is 5.00 Å². The van der Waals surface area contributed by atoms with E-state index in [4.69, 9.17) is 9.47 Å². The number of anilines is 1. The molecule has 2 aliphatic heterocycles. The van der Waals surface area contributed by atoms with Crippen LogP contribution in [0.5, 0.6) is 0 Å². The number of methoxy groups -OCH3 is 1. The van der Waals surface area contributed by atoms with Gasteiger partial charge < -0.3 is 14.8 Å². The Labute approximate surface area is 233 Å². The average Bonchev–Trinajstić information content (AvgIpc) is 3.30. The number of nitrogens with one attached hydrogen (secondary N) is 1. The van der Waals surface area contributed by atoms with E-state index in [0.717, 1.165) is 36.5 Å². The second-order valence-electron chi connectivity index (χ2n) is 9.63. The van der Waals surface area contributed by atoms with Gasteiger partial charge in [0.05, 0.1) is 30.1 Å². The van der Waals surface area contributed by atoms with Crippen LogP contribution in [0.3, 0.4) is 0 Å². The fourth-order valence-corrected chi connectivity index (χ4v) is 7.81. The predicted molar refractivity (Wildman–Crippen MR) is 147 cm³/mol. The molecule has 2 aliphatic rings. The standard InChI is InChI=1S/C27H35N3O7S2/c1-4-13-29-14-12-21-22(17-29)38-25(23(21)27(33)37-5-2)28-24(31)18-6-8-20(9-7-18)39(34,35)30-15-10-19(11-16-30)26(32)36-3/h6-9,19H,4-5,10-17H2,1-3H3,(H,28,31). The molecule has 1 aromatic heterocycles. The van der Waals surface area contributed by atoms with Crippen LogP contribution in [0.15, 0.2) is 29.2 Å². The molecule has 4 rings (SSSR count). The summed E-state index contributed by atoms with van der Waals surface area (Å²) in [7, 11) is -2.44. The number of hydrogen-bond acceptors (Lipinski definition) is 9. The molecule has 0 atom stereocenters. The number of rotatable bonds is 9. The van der Waals surface area contributed by atoms with Crippen molar-refractivity contribution in [2.45, 2.75) is 51.0 Å². The van der Waals surface area contributed by atoms with E-state index in [1.807, 2.05) is 0 Å². The topological polar surface area (TPSA) is 122 Å². The molecule has 1 aromatic carbocycles. The van der Waals surface area contributed by atoms with Gasteiger partial charge in [-0.2, -0.15) is 4.31 Å². The lowest BCUT2D eigenvalue weighted by Crippen LogP contribution is -2.40. The molecular weight excluding hydrogens is 542 g/mol. The molecule has 1 amide bonds. The van der Waals surface area contributed by atoms with E-state index in [-0.39, 0.29) is 42.0 Å². The summed E-state index contributed by atoms with van der Waals surface area (Å²) in [4.78, 5) is 41.2. The highest BCUT2D eigenvalue weighted by Crippen LogP contribution is 2.38. The van der Waals surface area contributed by atoms with Crippen LogP contribution >= 0.6 is 11.3 Å². The maximum absolute atomic E-state index is 13.1. The first-order valence-corrected chi connectivity index (χ1v) is 15.5. The number of thiophene rings is 1. The van der Waals surface area contributed by atoms with Crippen LogP contribution in [0.25, 0.3) is 0 Å². The van der Waals surface area contributed by atoms with Crippen LogP contribution in [0, 0.1) is 5.92 Å². The number of piperidine rings is 1. The zero-order chi connectivity index (χ0) is 28.2. The highest BCUT2D eigenvalue weighted by atomic mass is 32.2. The summed E-state index contributed by atoms with van der Waals surface area (Å²) in [6.45, 7) is 7.08. The summed E-state index contributed by atoms with van der Waals surface area (Å²) in [5.41, 5.74) is 1.61. The Morgan fingerprint density at radius 3 is 2.38 bits per heavy atom. The molecule has 1 N–H and O–H groups in total. The van der Waals surface area contributed by atoms with Gasteiger partial charge in [-0.3, -0.25) is 14.5 Å². The van der Waals surface area contributed by atoms with Gasteiger partial charge in [0.1, 0.15) is 5.00 Å². The second kappa shape index (κ2) is 12.6. The van der Waals surface area contributed by atoms with Crippen molar-refractivity contribution < 1.29 is 32.3 Å². The first-order valence-electron chi connectivity index (χ1n) is 13.2. The largest absolute Gasteiger partial charge is 0.469 e. The molecule has 39 heavy (non-hydrogen) atoms. The molecule has 212 valence electrons. The summed E-state index contributed by atoms with van der Waals surface area (Å²) < 4.78 is 37.7. The van der Waals surface area contributed by atoms with Crippen molar-refractivity contribution in [3.8, 4) is 0 Å². The van der Waals surface area contributed by atoms with E-state index in [1.165, 1.54) is 47.0 Å². The summed E-state index contributed by atoms with van der Waals surface area (Å²) in [6.07, 6.45) is 2.54. The number of carbonyl (C=O) groups is 3. The van der Waals surface area contributed by atoms with Gasteiger partial charge in [0, 0.05) is 36.6 Å². The number of hydrogen-bond donors (Lipinski definition) is 1. The Hall–Kier alpha value is -2.80. The maximum Gasteiger partial charge on any atom is 0.341 e. The third-order valence-corrected chi connectivity index (χ3v) is 10.2. The van der Waals surface area contributed by atoms with E-state index in [2.05, 4.69) is 17.1 Å². The smallest absolute Gasteiger partial charge is 0.341 e. The minimum Gasteiger partial charge on any atom is -0.469 e. The number of sulfonamides is 1. The van der Waals surface area contributed by atoms with Crippen LogP contribution in [-0.4, -0.2) is 75.4 Å². The lowest BCUT2D eigenvalue weighted by Gasteiger charge is -2.29. The van der Waals surface area contributed by atoms with Crippen molar-refractivity contribution in [1.82, 2.24) is 9.21 Å². The molecule has 0 saturated carbocycles. The minimum atomic E-state index is -3.77. The molecule has 0 aliphatic carbocycles. The van der Waals surface area contributed by atoms with Crippen molar-refractivity contribution in [2.24, 2.45) is 5.92 Å². The summed E-state index contributed by atoms with van der Waals surface area (Å²) in [6, 6.07) is 5.74. The molecule has 0 radical (unpaired) electrons. The first-order chi connectivity index (χ1) is 18.7. The van der Waals surface area contributed by atoms with E-state index < -0.39 is 21.9 Å². The van der Waals surface area contributed by atoms with E-state index >= 15 is 0 Å². The molecular formula is C27H35N3O7S2. The summed E-state index contributed by atoms with van der Waals surface area (Å²) in [5, 5.41) is 3.32. The SMILES string of the molecule is CCCN1CCc2c(sc(NC(=O)c3ccc(S(=O)(=O)N4CCC(C(=O)OC)CC4)cc3)c2C(=O)OCC)C1. The van der Waals surface area contributed by atoms with Crippen molar-refractivity contribution in [2.75, 3.05) is 45.2 Å². The monoisotopic (exact) mass is 577 g/mol. The Morgan fingerprint density at radius 2 is 1.77 bits per heavy atom. The molecule has 12 heteroatoms. The molecule has 0 unspecified atom stereocenters. The molecule has 2 aromatic rings. The van der Waals surface area contributed by atoms with Crippen molar-refractivity contribution in [3.63, 3.8) is 0 Å². The number of fused-ring (bicyclic) bond motifs is 1. The zero-order valence-electron chi connectivity index (χ0n) is 22.5. The lowest BCUT2D eigenvalue weighted by molar-refractivity contribution is -0.146. The Kier molecular flexibility index (Phi) is 9.42. The van der Waals surface area contributed by atoms with Crippen LogP contribution in [-0.2, 0) is 37.3 Å². The Morgan fingerprint density at radius 1 is 1.08 bits per heavy atom. The number of benzene rings is 1. The van der Waals surface area contributed by atoms with Gasteiger partial charge in [0.15, 0.2) is 0 Å². The number of esters is 2. The predicted octanol–water partition coefficient (Wildman–Crippen LogP) is 3.52. The van der Waals surface area contributed by atoms with Gasteiger partial charge in [-0.1, -0.05) is 6.92 Å². The molecule has 1 fully saturated rings. The highest BCUT2D eigenvalue weighted by Gasteiger charge is 2.33. The molecule has 10 nitrogen and oxygen atoms in total. The summed E-state index contributed by atoms with van der Waals surface area (Å²) in [5.74, 6) is -1.51. The van der Waals surface area contributed by atoms with Gasteiger partial charge in [-0.25, -0.2) is 13.2 Å². The number of carbonyl (C=O) groups excluding carboxylic acids is 3.